The molecule has 2 rings (SSSR count). The lowest BCUT2D eigenvalue weighted by atomic mass is 10.1. The maximum atomic E-state index is 13.1. The van der Waals surface area contributed by atoms with Gasteiger partial charge in [0.2, 0.25) is 0 Å². The first-order chi connectivity index (χ1) is 8.19. The summed E-state index contributed by atoms with van der Waals surface area (Å²) in [6.45, 7) is 2.55. The zero-order valence-electron chi connectivity index (χ0n) is 10.0. The first kappa shape index (κ1) is 12.3. The summed E-state index contributed by atoms with van der Waals surface area (Å²) in [5.41, 5.74) is 6.50. The van der Waals surface area contributed by atoms with Gasteiger partial charge in [0.05, 0.1) is 18.2 Å². The second-order valence-corrected chi connectivity index (χ2v) is 4.56. The molecule has 0 saturated carbocycles. The highest BCUT2D eigenvalue weighted by atomic mass is 19.1. The Balaban J connectivity index is 2.00. The molecule has 3 nitrogen and oxygen atoms in total. The summed E-state index contributed by atoms with van der Waals surface area (Å²) >= 11 is 0. The van der Waals surface area contributed by atoms with E-state index in [4.69, 9.17) is 10.5 Å². The lowest BCUT2D eigenvalue weighted by Gasteiger charge is -2.24. The molecule has 0 spiro atoms. The molecule has 1 heterocycles. The third-order valence-electron chi connectivity index (χ3n) is 3.14. The number of nitrogens with two attached hydrogens (primary N) is 1. The summed E-state index contributed by atoms with van der Waals surface area (Å²) in [5, 5.41) is 3.24. The van der Waals surface area contributed by atoms with Crippen molar-refractivity contribution >= 4 is 5.69 Å². The van der Waals surface area contributed by atoms with Gasteiger partial charge in [-0.2, -0.15) is 0 Å². The molecule has 3 N–H and O–H groups in total. The topological polar surface area (TPSA) is 47.3 Å². The number of benzene rings is 1. The zero-order valence-corrected chi connectivity index (χ0v) is 10.0. The minimum atomic E-state index is -0.244. The monoisotopic (exact) mass is 238 g/mol. The standard InChI is InChI=1S/C13H19FN2O/c1-9-5-6-13(17-9)12(8-15)16-11-4-2-3-10(14)7-11/h2-4,7,9,12-13,16H,5-6,8,15H2,1H3. The predicted octanol–water partition coefficient (Wildman–Crippen LogP) is 2.13. The van der Waals surface area contributed by atoms with Crippen LogP contribution < -0.4 is 11.1 Å². The molecule has 0 aromatic heterocycles. The van der Waals surface area contributed by atoms with Crippen LogP contribution in [0.3, 0.4) is 0 Å². The Labute approximate surface area is 101 Å². The van der Waals surface area contributed by atoms with Crippen LogP contribution in [0.5, 0.6) is 0 Å². The van der Waals surface area contributed by atoms with E-state index in [2.05, 4.69) is 12.2 Å². The minimum Gasteiger partial charge on any atom is -0.378 e. The maximum absolute atomic E-state index is 13.1. The molecule has 1 saturated heterocycles. The number of ether oxygens (including phenoxy) is 1. The average Bonchev–Trinajstić information content (AvgIpc) is 2.73. The molecule has 4 heteroatoms. The van der Waals surface area contributed by atoms with Crippen molar-refractivity contribution in [1.29, 1.82) is 0 Å². The Morgan fingerprint density at radius 2 is 2.35 bits per heavy atom. The highest BCUT2D eigenvalue weighted by Gasteiger charge is 2.28. The van der Waals surface area contributed by atoms with E-state index in [0.29, 0.717) is 12.6 Å². The molecule has 3 atom stereocenters. The van der Waals surface area contributed by atoms with Crippen molar-refractivity contribution in [3.8, 4) is 0 Å². The first-order valence-electron chi connectivity index (χ1n) is 6.06. The Kier molecular flexibility index (Phi) is 3.97. The van der Waals surface area contributed by atoms with Gasteiger partial charge in [0.1, 0.15) is 5.82 Å². The molecular weight excluding hydrogens is 219 g/mol. The lowest BCUT2D eigenvalue weighted by Crippen LogP contribution is -2.40. The van der Waals surface area contributed by atoms with Crippen LogP contribution in [-0.4, -0.2) is 24.8 Å². The van der Waals surface area contributed by atoms with Gasteiger partial charge in [0.25, 0.3) is 0 Å². The zero-order chi connectivity index (χ0) is 12.3. The Hall–Kier alpha value is -1.13. The highest BCUT2D eigenvalue weighted by Crippen LogP contribution is 2.23. The van der Waals surface area contributed by atoms with Crippen LogP contribution >= 0.6 is 0 Å². The molecule has 1 aromatic carbocycles. The van der Waals surface area contributed by atoms with Gasteiger partial charge in [-0.1, -0.05) is 6.07 Å². The molecule has 1 aliphatic rings. The number of hydrogen-bond acceptors (Lipinski definition) is 3. The van der Waals surface area contributed by atoms with Crippen molar-refractivity contribution in [2.75, 3.05) is 11.9 Å². The molecule has 94 valence electrons. The second-order valence-electron chi connectivity index (χ2n) is 4.56. The molecule has 3 unspecified atom stereocenters. The SMILES string of the molecule is CC1CCC(C(CN)Nc2cccc(F)c2)O1. The molecule has 1 aliphatic heterocycles. The summed E-state index contributed by atoms with van der Waals surface area (Å²) in [5.74, 6) is -0.244. The molecule has 0 aliphatic carbocycles. The van der Waals surface area contributed by atoms with Gasteiger partial charge in [0, 0.05) is 12.2 Å². The Morgan fingerprint density at radius 3 is 2.94 bits per heavy atom. The molecular formula is C13H19FN2O. The summed E-state index contributed by atoms with van der Waals surface area (Å²) < 4.78 is 18.8. The number of anilines is 1. The summed E-state index contributed by atoms with van der Waals surface area (Å²) in [6.07, 6.45) is 2.48. The molecule has 0 radical (unpaired) electrons. The number of hydrogen-bond donors (Lipinski definition) is 2. The van der Waals surface area contributed by atoms with Crippen molar-refractivity contribution in [1.82, 2.24) is 0 Å². The van der Waals surface area contributed by atoms with E-state index in [1.807, 2.05) is 6.07 Å². The minimum absolute atomic E-state index is 0.0433. The van der Waals surface area contributed by atoms with E-state index in [9.17, 15) is 4.39 Å². The van der Waals surface area contributed by atoms with E-state index < -0.39 is 0 Å². The van der Waals surface area contributed by atoms with Crippen LogP contribution in [0.15, 0.2) is 24.3 Å². The third-order valence-corrected chi connectivity index (χ3v) is 3.14. The average molecular weight is 238 g/mol. The summed E-state index contributed by atoms with van der Waals surface area (Å²) in [4.78, 5) is 0. The van der Waals surface area contributed by atoms with Crippen LogP contribution in [0.25, 0.3) is 0 Å². The Morgan fingerprint density at radius 1 is 1.53 bits per heavy atom. The number of rotatable bonds is 4. The van der Waals surface area contributed by atoms with Crippen LogP contribution in [0.1, 0.15) is 19.8 Å². The van der Waals surface area contributed by atoms with Crippen molar-refractivity contribution in [3.63, 3.8) is 0 Å². The highest BCUT2D eigenvalue weighted by molar-refractivity contribution is 5.44. The maximum Gasteiger partial charge on any atom is 0.125 e. The van der Waals surface area contributed by atoms with Gasteiger partial charge in [-0.05, 0) is 38.0 Å². The third kappa shape index (κ3) is 3.17. The van der Waals surface area contributed by atoms with E-state index in [1.54, 1.807) is 6.07 Å². The van der Waals surface area contributed by atoms with Crippen molar-refractivity contribution in [3.05, 3.63) is 30.1 Å². The summed E-state index contributed by atoms with van der Waals surface area (Å²) in [7, 11) is 0. The van der Waals surface area contributed by atoms with Gasteiger partial charge < -0.3 is 15.8 Å². The van der Waals surface area contributed by atoms with E-state index in [0.717, 1.165) is 18.5 Å². The van der Waals surface area contributed by atoms with Crippen LogP contribution in [0, 0.1) is 5.82 Å². The fraction of sp³-hybridized carbons (Fsp3) is 0.538. The first-order valence-corrected chi connectivity index (χ1v) is 6.06. The fourth-order valence-corrected chi connectivity index (χ4v) is 2.23. The van der Waals surface area contributed by atoms with Gasteiger partial charge in [-0.15, -0.1) is 0 Å². The van der Waals surface area contributed by atoms with Crippen molar-refractivity contribution < 1.29 is 9.13 Å². The molecule has 1 aromatic rings. The Bertz CT molecular complexity index is 372. The van der Waals surface area contributed by atoms with Gasteiger partial charge in [-0.25, -0.2) is 4.39 Å². The lowest BCUT2D eigenvalue weighted by molar-refractivity contribution is 0.0460. The molecule has 1 fully saturated rings. The molecule has 0 bridgehead atoms. The fourth-order valence-electron chi connectivity index (χ4n) is 2.23. The predicted molar refractivity (Wildman–Crippen MR) is 66.4 cm³/mol. The van der Waals surface area contributed by atoms with Crippen LogP contribution in [0.2, 0.25) is 0 Å². The van der Waals surface area contributed by atoms with Gasteiger partial charge in [-0.3, -0.25) is 0 Å². The largest absolute Gasteiger partial charge is 0.378 e. The van der Waals surface area contributed by atoms with Crippen molar-refractivity contribution in [2.24, 2.45) is 5.73 Å². The van der Waals surface area contributed by atoms with E-state index in [-0.39, 0.29) is 18.0 Å². The number of halogens is 1. The summed E-state index contributed by atoms with van der Waals surface area (Å²) in [6, 6.07) is 6.47. The van der Waals surface area contributed by atoms with Crippen LogP contribution in [-0.2, 0) is 4.74 Å². The molecule has 17 heavy (non-hydrogen) atoms. The van der Waals surface area contributed by atoms with Crippen molar-refractivity contribution in [2.45, 2.75) is 38.0 Å². The van der Waals surface area contributed by atoms with E-state index in [1.165, 1.54) is 12.1 Å². The van der Waals surface area contributed by atoms with E-state index >= 15 is 0 Å². The number of nitrogens with one attached hydrogen (secondary N) is 1. The normalized spacial score (nSPS) is 25.8. The molecule has 0 amide bonds. The quantitative estimate of drug-likeness (QED) is 0.844. The van der Waals surface area contributed by atoms with Gasteiger partial charge in [0.15, 0.2) is 0 Å². The van der Waals surface area contributed by atoms with Gasteiger partial charge >= 0.3 is 0 Å². The smallest absolute Gasteiger partial charge is 0.125 e. The van der Waals surface area contributed by atoms with Crippen LogP contribution in [0.4, 0.5) is 10.1 Å². The second kappa shape index (κ2) is 5.47.